The molecule has 6 heteroatoms. The van der Waals surface area contributed by atoms with E-state index >= 15 is 0 Å². The van der Waals surface area contributed by atoms with Crippen LogP contribution in [0.2, 0.25) is 0 Å². The molecule has 23 heavy (non-hydrogen) atoms. The van der Waals surface area contributed by atoms with E-state index in [1.54, 1.807) is 23.8 Å². The number of benzene rings is 1. The second-order valence-corrected chi connectivity index (χ2v) is 6.50. The lowest BCUT2D eigenvalue weighted by molar-refractivity contribution is -0.136. The highest BCUT2D eigenvalue weighted by Crippen LogP contribution is 2.19. The van der Waals surface area contributed by atoms with Gasteiger partial charge in [-0.1, -0.05) is 18.7 Å². The second-order valence-electron chi connectivity index (χ2n) is 5.35. The lowest BCUT2D eigenvalue weighted by Crippen LogP contribution is -2.53. The van der Waals surface area contributed by atoms with Gasteiger partial charge in [-0.25, -0.2) is 0 Å². The number of amides is 2. The number of carbonyl (C=O) groups is 2. The second kappa shape index (κ2) is 8.06. The summed E-state index contributed by atoms with van der Waals surface area (Å²) in [5.41, 5.74) is 2.03. The number of ether oxygens (including phenoxy) is 1. The lowest BCUT2D eigenvalue weighted by Gasteiger charge is -2.33. The van der Waals surface area contributed by atoms with Crippen LogP contribution in [-0.4, -0.2) is 47.9 Å². The Balaban J connectivity index is 1.99. The van der Waals surface area contributed by atoms with Gasteiger partial charge < -0.3 is 15.0 Å². The van der Waals surface area contributed by atoms with Gasteiger partial charge in [-0.2, -0.15) is 11.8 Å². The van der Waals surface area contributed by atoms with E-state index in [9.17, 15) is 9.59 Å². The SMILES string of the molecule is C=CC(=O)N1CCSCC1C(=O)NCc1ccc(OC)c(C)c1. The number of aryl methyl sites for hydroxylation is 1. The van der Waals surface area contributed by atoms with Gasteiger partial charge in [0, 0.05) is 24.6 Å². The molecule has 0 spiro atoms. The summed E-state index contributed by atoms with van der Waals surface area (Å²) in [6.07, 6.45) is 1.27. The molecule has 1 aromatic carbocycles. The van der Waals surface area contributed by atoms with E-state index in [1.807, 2.05) is 25.1 Å². The van der Waals surface area contributed by atoms with Crippen molar-refractivity contribution in [2.75, 3.05) is 25.2 Å². The first kappa shape index (κ1) is 17.4. The largest absolute Gasteiger partial charge is 0.496 e. The monoisotopic (exact) mass is 334 g/mol. The Bertz CT molecular complexity index is 604. The van der Waals surface area contributed by atoms with E-state index in [0.717, 1.165) is 22.6 Å². The smallest absolute Gasteiger partial charge is 0.246 e. The number of nitrogens with one attached hydrogen (secondary N) is 1. The van der Waals surface area contributed by atoms with Crippen LogP contribution in [-0.2, 0) is 16.1 Å². The van der Waals surface area contributed by atoms with Gasteiger partial charge in [0.2, 0.25) is 11.8 Å². The number of hydrogen-bond donors (Lipinski definition) is 1. The van der Waals surface area contributed by atoms with E-state index in [-0.39, 0.29) is 11.8 Å². The molecule has 0 radical (unpaired) electrons. The van der Waals surface area contributed by atoms with Crippen LogP contribution < -0.4 is 10.1 Å². The van der Waals surface area contributed by atoms with Crippen molar-refractivity contribution < 1.29 is 14.3 Å². The van der Waals surface area contributed by atoms with Crippen LogP contribution in [0.25, 0.3) is 0 Å². The molecule has 1 aromatic rings. The molecule has 1 N–H and O–H groups in total. The normalized spacial score (nSPS) is 17.5. The third-order valence-corrected chi connectivity index (χ3v) is 4.84. The van der Waals surface area contributed by atoms with Gasteiger partial charge in [0.1, 0.15) is 11.8 Å². The fraction of sp³-hybridized carbons (Fsp3) is 0.412. The van der Waals surface area contributed by atoms with E-state index in [0.29, 0.717) is 18.8 Å². The highest BCUT2D eigenvalue weighted by molar-refractivity contribution is 7.99. The first-order valence-electron chi connectivity index (χ1n) is 7.48. The summed E-state index contributed by atoms with van der Waals surface area (Å²) in [7, 11) is 1.63. The zero-order chi connectivity index (χ0) is 16.8. The van der Waals surface area contributed by atoms with Gasteiger partial charge in [-0.05, 0) is 30.2 Å². The quantitative estimate of drug-likeness (QED) is 0.834. The fourth-order valence-corrected chi connectivity index (χ4v) is 3.61. The molecule has 1 atom stereocenters. The first-order chi connectivity index (χ1) is 11.1. The van der Waals surface area contributed by atoms with Crippen molar-refractivity contribution in [2.24, 2.45) is 0 Å². The molecule has 1 saturated heterocycles. The van der Waals surface area contributed by atoms with Crippen LogP contribution in [0.3, 0.4) is 0 Å². The van der Waals surface area contributed by atoms with Crippen molar-refractivity contribution in [2.45, 2.75) is 19.5 Å². The average Bonchev–Trinajstić information content (AvgIpc) is 2.59. The van der Waals surface area contributed by atoms with Crippen molar-refractivity contribution in [3.05, 3.63) is 42.0 Å². The van der Waals surface area contributed by atoms with Crippen molar-refractivity contribution >= 4 is 23.6 Å². The number of carbonyl (C=O) groups excluding carboxylic acids is 2. The molecule has 1 heterocycles. The average molecular weight is 334 g/mol. The molecular formula is C17H22N2O3S. The number of hydrogen-bond acceptors (Lipinski definition) is 4. The number of methoxy groups -OCH3 is 1. The van der Waals surface area contributed by atoms with Gasteiger partial charge in [0.15, 0.2) is 0 Å². The van der Waals surface area contributed by atoms with Crippen LogP contribution in [0.1, 0.15) is 11.1 Å². The van der Waals surface area contributed by atoms with Gasteiger partial charge in [0.05, 0.1) is 7.11 Å². The van der Waals surface area contributed by atoms with E-state index in [4.69, 9.17) is 4.74 Å². The molecule has 1 aliphatic heterocycles. The minimum atomic E-state index is -0.432. The molecule has 0 bridgehead atoms. The molecule has 0 aliphatic carbocycles. The zero-order valence-electron chi connectivity index (χ0n) is 13.5. The van der Waals surface area contributed by atoms with Crippen LogP contribution in [0, 0.1) is 6.92 Å². The van der Waals surface area contributed by atoms with Crippen LogP contribution in [0.15, 0.2) is 30.9 Å². The Morgan fingerprint density at radius 3 is 2.96 bits per heavy atom. The molecule has 124 valence electrons. The summed E-state index contributed by atoms with van der Waals surface area (Å²) in [5, 5.41) is 2.92. The Kier molecular flexibility index (Phi) is 6.10. The summed E-state index contributed by atoms with van der Waals surface area (Å²) < 4.78 is 5.23. The Hall–Kier alpha value is -1.95. The highest BCUT2D eigenvalue weighted by Gasteiger charge is 2.31. The number of nitrogens with zero attached hydrogens (tertiary/aromatic N) is 1. The molecule has 0 saturated carbocycles. The Morgan fingerprint density at radius 2 is 2.30 bits per heavy atom. The molecule has 2 amide bonds. The molecule has 0 aromatic heterocycles. The summed E-state index contributed by atoms with van der Waals surface area (Å²) in [6, 6.07) is 5.37. The summed E-state index contributed by atoms with van der Waals surface area (Å²) >= 11 is 1.69. The maximum Gasteiger partial charge on any atom is 0.246 e. The fourth-order valence-electron chi connectivity index (χ4n) is 2.56. The Morgan fingerprint density at radius 1 is 1.52 bits per heavy atom. The summed E-state index contributed by atoms with van der Waals surface area (Å²) in [5.74, 6) is 1.98. The van der Waals surface area contributed by atoms with Crippen molar-refractivity contribution in [3.8, 4) is 5.75 Å². The lowest BCUT2D eigenvalue weighted by atomic mass is 10.1. The zero-order valence-corrected chi connectivity index (χ0v) is 14.3. The van der Waals surface area contributed by atoms with E-state index in [2.05, 4.69) is 11.9 Å². The number of thioether (sulfide) groups is 1. The van der Waals surface area contributed by atoms with Gasteiger partial charge in [-0.15, -0.1) is 0 Å². The van der Waals surface area contributed by atoms with Crippen molar-refractivity contribution in [3.63, 3.8) is 0 Å². The van der Waals surface area contributed by atoms with Crippen LogP contribution in [0.4, 0.5) is 0 Å². The topological polar surface area (TPSA) is 58.6 Å². The molecular weight excluding hydrogens is 312 g/mol. The van der Waals surface area contributed by atoms with E-state index < -0.39 is 6.04 Å². The summed E-state index contributed by atoms with van der Waals surface area (Å²) in [6.45, 7) is 6.48. The molecule has 5 nitrogen and oxygen atoms in total. The van der Waals surface area contributed by atoms with Gasteiger partial charge in [-0.3, -0.25) is 9.59 Å². The Labute approximate surface area is 141 Å². The van der Waals surface area contributed by atoms with Gasteiger partial charge in [0.25, 0.3) is 0 Å². The molecule has 2 rings (SSSR count). The number of rotatable bonds is 5. The standard InChI is InChI=1S/C17H22N2O3S/c1-4-16(20)19-7-8-23-11-14(19)17(21)18-10-13-5-6-15(22-3)12(2)9-13/h4-6,9,14H,1,7-8,10-11H2,2-3H3,(H,18,21). The van der Waals surface area contributed by atoms with Crippen LogP contribution in [0.5, 0.6) is 5.75 Å². The van der Waals surface area contributed by atoms with Crippen LogP contribution >= 0.6 is 11.8 Å². The van der Waals surface area contributed by atoms with E-state index in [1.165, 1.54) is 6.08 Å². The maximum absolute atomic E-state index is 12.4. The summed E-state index contributed by atoms with van der Waals surface area (Å²) in [4.78, 5) is 25.9. The third kappa shape index (κ3) is 4.28. The minimum absolute atomic E-state index is 0.124. The molecule has 1 aliphatic rings. The molecule has 1 unspecified atom stereocenters. The van der Waals surface area contributed by atoms with Crippen molar-refractivity contribution in [1.29, 1.82) is 0 Å². The predicted molar refractivity (Wildman–Crippen MR) is 92.6 cm³/mol. The van der Waals surface area contributed by atoms with Crippen molar-refractivity contribution in [1.82, 2.24) is 10.2 Å². The third-order valence-electron chi connectivity index (χ3n) is 3.81. The minimum Gasteiger partial charge on any atom is -0.496 e. The first-order valence-corrected chi connectivity index (χ1v) is 8.64. The molecule has 1 fully saturated rings. The highest BCUT2D eigenvalue weighted by atomic mass is 32.2. The van der Waals surface area contributed by atoms with Gasteiger partial charge >= 0.3 is 0 Å². The predicted octanol–water partition coefficient (Wildman–Crippen LogP) is 1.75. The maximum atomic E-state index is 12.4.